The zero-order chi connectivity index (χ0) is 17.7. The lowest BCUT2D eigenvalue weighted by atomic mass is 10.3. The van der Waals surface area contributed by atoms with E-state index < -0.39 is 0 Å². The highest BCUT2D eigenvalue weighted by Gasteiger charge is 2.16. The molecule has 6 nitrogen and oxygen atoms in total. The number of methoxy groups -OCH3 is 1. The average Bonchev–Trinajstić information content (AvgIpc) is 3.04. The van der Waals surface area contributed by atoms with Crippen LogP contribution in [-0.4, -0.2) is 34.5 Å². The zero-order valence-corrected chi connectivity index (χ0v) is 15.9. The summed E-state index contributed by atoms with van der Waals surface area (Å²) in [6.07, 6.45) is 0.900. The number of hydrogen-bond donors (Lipinski definition) is 2. The molecule has 2 aromatic heterocycles. The fourth-order valence-corrected chi connectivity index (χ4v) is 3.52. The molecule has 2 heterocycles. The Kier molecular flexibility index (Phi) is 6.33. The summed E-state index contributed by atoms with van der Waals surface area (Å²) in [5, 5.41) is 11.9. The molecule has 24 heavy (non-hydrogen) atoms. The normalized spacial score (nSPS) is 10.5. The fourth-order valence-electron chi connectivity index (χ4n) is 2.35. The number of aromatic nitrogens is 2. The number of ether oxygens (including phenoxy) is 1. The summed E-state index contributed by atoms with van der Waals surface area (Å²) in [7, 11) is 1.37. The first-order chi connectivity index (χ1) is 11.4. The van der Waals surface area contributed by atoms with Gasteiger partial charge in [0.1, 0.15) is 5.00 Å². The molecule has 0 fully saturated rings. The summed E-state index contributed by atoms with van der Waals surface area (Å²) < 4.78 is 6.78. The first-order valence-electron chi connectivity index (χ1n) is 7.65. The van der Waals surface area contributed by atoms with Gasteiger partial charge in [0.2, 0.25) is 0 Å². The van der Waals surface area contributed by atoms with Crippen LogP contribution in [0.15, 0.2) is 12.1 Å². The second-order valence-electron chi connectivity index (χ2n) is 5.48. The van der Waals surface area contributed by atoms with Crippen LogP contribution in [0.2, 0.25) is 0 Å². The number of thiocarbonyl (C=S) groups is 1. The average molecular weight is 367 g/mol. The topological polar surface area (TPSA) is 68.2 Å². The molecule has 0 aliphatic rings. The molecule has 0 atom stereocenters. The van der Waals surface area contributed by atoms with E-state index >= 15 is 0 Å². The molecule has 0 saturated carbocycles. The number of anilines is 1. The summed E-state index contributed by atoms with van der Waals surface area (Å²) in [5.74, 6) is -0.367. The Labute approximate surface area is 151 Å². The lowest BCUT2D eigenvalue weighted by Gasteiger charge is -2.10. The second-order valence-corrected chi connectivity index (χ2v) is 7.14. The van der Waals surface area contributed by atoms with Crippen LogP contribution in [0.25, 0.3) is 0 Å². The van der Waals surface area contributed by atoms with Gasteiger partial charge in [-0.2, -0.15) is 5.10 Å². The van der Waals surface area contributed by atoms with Gasteiger partial charge in [0.25, 0.3) is 0 Å². The number of carbonyl (C=O) groups excluding carboxylic acids is 1. The molecule has 0 aromatic carbocycles. The number of nitrogens with one attached hydrogen (secondary N) is 2. The van der Waals surface area contributed by atoms with Crippen LogP contribution < -0.4 is 10.6 Å². The summed E-state index contributed by atoms with van der Waals surface area (Å²) in [6.45, 7) is 7.53. The van der Waals surface area contributed by atoms with E-state index in [0.29, 0.717) is 15.7 Å². The van der Waals surface area contributed by atoms with Crippen molar-refractivity contribution in [2.75, 3.05) is 19.0 Å². The van der Waals surface area contributed by atoms with Gasteiger partial charge in [0.15, 0.2) is 5.11 Å². The van der Waals surface area contributed by atoms with Crippen molar-refractivity contribution in [2.24, 2.45) is 0 Å². The molecule has 0 spiro atoms. The monoisotopic (exact) mass is 366 g/mol. The maximum atomic E-state index is 11.8. The van der Waals surface area contributed by atoms with Gasteiger partial charge < -0.3 is 15.4 Å². The van der Waals surface area contributed by atoms with Crippen LogP contribution in [-0.2, 0) is 11.3 Å². The number of rotatable bonds is 6. The van der Waals surface area contributed by atoms with E-state index in [0.717, 1.165) is 35.8 Å². The van der Waals surface area contributed by atoms with Crippen molar-refractivity contribution in [1.29, 1.82) is 0 Å². The van der Waals surface area contributed by atoms with E-state index in [9.17, 15) is 4.79 Å². The fraction of sp³-hybridized carbons (Fsp3) is 0.438. The van der Waals surface area contributed by atoms with Gasteiger partial charge in [-0.05, 0) is 51.5 Å². The van der Waals surface area contributed by atoms with Gasteiger partial charge in [-0.1, -0.05) is 0 Å². The van der Waals surface area contributed by atoms with E-state index in [1.54, 1.807) is 6.07 Å². The molecule has 0 aliphatic heterocycles. The molecule has 0 amide bonds. The minimum atomic E-state index is -0.367. The number of hydrogen-bond acceptors (Lipinski definition) is 5. The van der Waals surface area contributed by atoms with Crippen LogP contribution in [0, 0.1) is 20.8 Å². The Bertz CT molecular complexity index is 737. The second kappa shape index (κ2) is 8.25. The Morgan fingerprint density at radius 3 is 2.75 bits per heavy atom. The molecule has 0 saturated heterocycles. The van der Waals surface area contributed by atoms with E-state index in [2.05, 4.69) is 21.8 Å². The Balaban J connectivity index is 1.81. The molecule has 2 rings (SSSR count). The van der Waals surface area contributed by atoms with Gasteiger partial charge in [-0.3, -0.25) is 4.68 Å². The molecule has 0 aliphatic carbocycles. The van der Waals surface area contributed by atoms with E-state index in [1.165, 1.54) is 18.4 Å². The Hall–Kier alpha value is -1.93. The lowest BCUT2D eigenvalue weighted by molar-refractivity contribution is 0.0602. The number of aryl methyl sites for hydroxylation is 4. The number of esters is 1. The van der Waals surface area contributed by atoms with Gasteiger partial charge in [0, 0.05) is 23.7 Å². The van der Waals surface area contributed by atoms with E-state index in [1.807, 2.05) is 25.5 Å². The minimum absolute atomic E-state index is 0.367. The van der Waals surface area contributed by atoms with E-state index in [-0.39, 0.29) is 5.97 Å². The van der Waals surface area contributed by atoms with Gasteiger partial charge in [0.05, 0.1) is 18.4 Å². The highest BCUT2D eigenvalue weighted by molar-refractivity contribution is 7.80. The predicted octanol–water partition coefficient (Wildman–Crippen LogP) is 3.03. The third kappa shape index (κ3) is 4.78. The van der Waals surface area contributed by atoms with Crippen LogP contribution in [0.3, 0.4) is 0 Å². The van der Waals surface area contributed by atoms with Crippen LogP contribution in [0.1, 0.15) is 33.0 Å². The third-order valence-electron chi connectivity index (χ3n) is 3.42. The molecule has 130 valence electrons. The third-order valence-corrected chi connectivity index (χ3v) is 4.64. The molecule has 2 N–H and O–H groups in total. The van der Waals surface area contributed by atoms with Crippen LogP contribution >= 0.6 is 23.6 Å². The largest absolute Gasteiger partial charge is 0.465 e. The highest BCUT2D eigenvalue weighted by Crippen LogP contribution is 2.28. The van der Waals surface area contributed by atoms with Crippen molar-refractivity contribution in [1.82, 2.24) is 15.1 Å². The summed E-state index contributed by atoms with van der Waals surface area (Å²) in [5.41, 5.74) is 2.69. The van der Waals surface area contributed by atoms with Gasteiger partial charge >= 0.3 is 5.97 Å². The summed E-state index contributed by atoms with van der Waals surface area (Å²) in [4.78, 5) is 12.8. The minimum Gasteiger partial charge on any atom is -0.465 e. The van der Waals surface area contributed by atoms with Crippen molar-refractivity contribution in [3.8, 4) is 0 Å². The van der Waals surface area contributed by atoms with Gasteiger partial charge in [-0.25, -0.2) is 4.79 Å². The zero-order valence-electron chi connectivity index (χ0n) is 14.3. The SMILES string of the molecule is COC(=O)c1cc(C)sc1NC(=S)NCCCn1nc(C)cc1C. The van der Waals surface area contributed by atoms with Crippen molar-refractivity contribution in [2.45, 2.75) is 33.7 Å². The molecular formula is C16H22N4O2S2. The molecule has 8 heteroatoms. The van der Waals surface area contributed by atoms with Crippen LogP contribution in [0.4, 0.5) is 5.00 Å². The predicted molar refractivity (Wildman–Crippen MR) is 101 cm³/mol. The Morgan fingerprint density at radius 2 is 2.12 bits per heavy atom. The van der Waals surface area contributed by atoms with Crippen LogP contribution in [0.5, 0.6) is 0 Å². The Morgan fingerprint density at radius 1 is 1.38 bits per heavy atom. The van der Waals surface area contributed by atoms with Crippen molar-refractivity contribution < 1.29 is 9.53 Å². The first kappa shape index (κ1) is 18.4. The maximum Gasteiger partial charge on any atom is 0.340 e. The number of nitrogens with zero attached hydrogens (tertiary/aromatic N) is 2. The maximum absolute atomic E-state index is 11.8. The molecule has 0 bridgehead atoms. The van der Waals surface area contributed by atoms with Crippen molar-refractivity contribution >= 4 is 39.6 Å². The lowest BCUT2D eigenvalue weighted by Crippen LogP contribution is -2.30. The molecule has 2 aromatic rings. The number of thiophene rings is 1. The summed E-state index contributed by atoms with van der Waals surface area (Å²) >= 11 is 6.77. The van der Waals surface area contributed by atoms with Gasteiger partial charge in [-0.15, -0.1) is 11.3 Å². The first-order valence-corrected chi connectivity index (χ1v) is 8.88. The van der Waals surface area contributed by atoms with Crippen molar-refractivity contribution in [3.05, 3.63) is 34.0 Å². The molecular weight excluding hydrogens is 344 g/mol. The number of carbonyl (C=O) groups is 1. The highest BCUT2D eigenvalue weighted by atomic mass is 32.1. The smallest absolute Gasteiger partial charge is 0.340 e. The van der Waals surface area contributed by atoms with E-state index in [4.69, 9.17) is 17.0 Å². The summed E-state index contributed by atoms with van der Waals surface area (Å²) in [6, 6.07) is 3.86. The van der Waals surface area contributed by atoms with Crippen molar-refractivity contribution in [3.63, 3.8) is 0 Å². The quantitative estimate of drug-likeness (QED) is 0.465. The molecule has 0 radical (unpaired) electrons. The molecule has 0 unspecified atom stereocenters. The standard InChI is InChI=1S/C16H22N4O2S2/c1-10-8-11(2)20(19-10)7-5-6-17-16(23)18-14-13(15(21)22-4)9-12(3)24-14/h8-9H,5-7H2,1-4H3,(H2,17,18,23).